The molecular formula is C14H14O3S. The zero-order valence-electron chi connectivity index (χ0n) is 10.5. The largest absolute Gasteiger partial charge is 0.467 e. The standard InChI is InChI=1S/C14H14O3S/c1-13(14(2,17-13)12(15)16-3)11-8-9-6-4-5-7-10(9)18-11/h4-8H,1-3H3. The van der Waals surface area contributed by atoms with E-state index in [-0.39, 0.29) is 5.97 Å². The van der Waals surface area contributed by atoms with Crippen molar-refractivity contribution in [2.75, 3.05) is 7.11 Å². The summed E-state index contributed by atoms with van der Waals surface area (Å²) in [5.74, 6) is -0.317. The van der Waals surface area contributed by atoms with Gasteiger partial charge in [-0.2, -0.15) is 0 Å². The highest BCUT2D eigenvalue weighted by atomic mass is 32.1. The summed E-state index contributed by atoms with van der Waals surface area (Å²) >= 11 is 1.66. The van der Waals surface area contributed by atoms with Gasteiger partial charge in [0.15, 0.2) is 5.60 Å². The van der Waals surface area contributed by atoms with Gasteiger partial charge in [-0.15, -0.1) is 11.3 Å². The fourth-order valence-corrected chi connectivity index (χ4v) is 3.56. The lowest BCUT2D eigenvalue weighted by Gasteiger charge is -2.08. The molecule has 0 amide bonds. The lowest BCUT2D eigenvalue weighted by atomic mass is 9.94. The van der Waals surface area contributed by atoms with Gasteiger partial charge < -0.3 is 9.47 Å². The van der Waals surface area contributed by atoms with E-state index in [2.05, 4.69) is 18.2 Å². The van der Waals surface area contributed by atoms with Gasteiger partial charge in [0.05, 0.1) is 7.11 Å². The van der Waals surface area contributed by atoms with Crippen LogP contribution in [0.3, 0.4) is 0 Å². The third kappa shape index (κ3) is 1.36. The number of carbonyl (C=O) groups excluding carboxylic acids is 1. The Morgan fingerprint density at radius 1 is 1.33 bits per heavy atom. The van der Waals surface area contributed by atoms with Crippen LogP contribution in [0.15, 0.2) is 30.3 Å². The monoisotopic (exact) mass is 262 g/mol. The summed E-state index contributed by atoms with van der Waals surface area (Å²) < 4.78 is 11.7. The molecule has 2 atom stereocenters. The third-order valence-electron chi connectivity index (χ3n) is 3.75. The Balaban J connectivity index is 2.04. The Morgan fingerprint density at radius 3 is 2.72 bits per heavy atom. The summed E-state index contributed by atoms with van der Waals surface area (Å²) in [5.41, 5.74) is -1.42. The molecule has 2 unspecified atom stereocenters. The van der Waals surface area contributed by atoms with E-state index in [0.29, 0.717) is 0 Å². The third-order valence-corrected chi connectivity index (χ3v) is 5.07. The maximum Gasteiger partial charge on any atom is 0.341 e. The number of ether oxygens (including phenoxy) is 2. The van der Waals surface area contributed by atoms with Crippen molar-refractivity contribution in [2.45, 2.75) is 25.0 Å². The lowest BCUT2D eigenvalue weighted by molar-refractivity contribution is -0.146. The van der Waals surface area contributed by atoms with Crippen LogP contribution in [0.5, 0.6) is 0 Å². The van der Waals surface area contributed by atoms with Gasteiger partial charge in [-0.25, -0.2) is 4.79 Å². The van der Waals surface area contributed by atoms with E-state index in [4.69, 9.17) is 9.47 Å². The van der Waals surface area contributed by atoms with Crippen molar-refractivity contribution in [1.29, 1.82) is 0 Å². The lowest BCUT2D eigenvalue weighted by Crippen LogP contribution is -2.28. The highest BCUT2D eigenvalue weighted by molar-refractivity contribution is 7.19. The minimum atomic E-state index is -0.859. The average Bonchev–Trinajstić information content (AvgIpc) is 2.78. The first kappa shape index (κ1) is 11.7. The predicted molar refractivity (Wildman–Crippen MR) is 70.7 cm³/mol. The Labute approximate surface area is 109 Å². The smallest absolute Gasteiger partial charge is 0.341 e. The summed E-state index contributed by atoms with van der Waals surface area (Å²) in [7, 11) is 1.39. The first-order valence-corrected chi connectivity index (χ1v) is 6.60. The van der Waals surface area contributed by atoms with Crippen molar-refractivity contribution in [1.82, 2.24) is 0 Å². The van der Waals surface area contributed by atoms with E-state index in [0.717, 1.165) is 4.88 Å². The van der Waals surface area contributed by atoms with Gasteiger partial charge in [0.2, 0.25) is 0 Å². The molecule has 1 aromatic carbocycles. The molecule has 3 nitrogen and oxygen atoms in total. The van der Waals surface area contributed by atoms with E-state index >= 15 is 0 Å². The molecule has 4 heteroatoms. The Kier molecular flexibility index (Phi) is 2.31. The van der Waals surface area contributed by atoms with Gasteiger partial charge in [-0.1, -0.05) is 18.2 Å². The first-order valence-electron chi connectivity index (χ1n) is 5.79. The van der Waals surface area contributed by atoms with Crippen molar-refractivity contribution >= 4 is 27.4 Å². The maximum absolute atomic E-state index is 11.8. The van der Waals surface area contributed by atoms with E-state index in [9.17, 15) is 4.79 Å². The minimum absolute atomic E-state index is 0.317. The molecule has 0 spiro atoms. The molecule has 1 aromatic heterocycles. The Hall–Kier alpha value is -1.39. The number of methoxy groups -OCH3 is 1. The quantitative estimate of drug-likeness (QED) is 0.616. The van der Waals surface area contributed by atoms with Crippen LogP contribution < -0.4 is 0 Å². The molecule has 18 heavy (non-hydrogen) atoms. The van der Waals surface area contributed by atoms with Crippen LogP contribution in [-0.4, -0.2) is 18.7 Å². The van der Waals surface area contributed by atoms with Gasteiger partial charge in [0, 0.05) is 9.58 Å². The second-order valence-corrected chi connectivity index (χ2v) is 5.89. The van der Waals surface area contributed by atoms with E-state index in [1.807, 2.05) is 19.1 Å². The Morgan fingerprint density at radius 2 is 2.06 bits per heavy atom. The summed E-state index contributed by atoms with van der Waals surface area (Å²) in [6, 6.07) is 10.3. The van der Waals surface area contributed by atoms with Gasteiger partial charge in [0.25, 0.3) is 0 Å². The summed E-state index contributed by atoms with van der Waals surface area (Å²) in [5, 5.41) is 1.18. The van der Waals surface area contributed by atoms with Crippen LogP contribution in [0.25, 0.3) is 10.1 Å². The Bertz CT molecular complexity index is 600. The molecule has 0 saturated carbocycles. The zero-order valence-corrected chi connectivity index (χ0v) is 11.3. The van der Waals surface area contributed by atoms with Crippen LogP contribution in [0, 0.1) is 0 Å². The average molecular weight is 262 g/mol. The van der Waals surface area contributed by atoms with Crippen LogP contribution in [0.2, 0.25) is 0 Å². The highest BCUT2D eigenvalue weighted by Gasteiger charge is 2.71. The number of epoxide rings is 1. The van der Waals surface area contributed by atoms with Gasteiger partial charge in [-0.3, -0.25) is 0 Å². The number of thiophene rings is 1. The zero-order chi connectivity index (χ0) is 13.0. The summed E-state index contributed by atoms with van der Waals surface area (Å²) in [6.45, 7) is 3.72. The molecular weight excluding hydrogens is 248 g/mol. The topological polar surface area (TPSA) is 38.8 Å². The molecule has 1 aliphatic heterocycles. The summed E-state index contributed by atoms with van der Waals surface area (Å²) in [6.07, 6.45) is 0. The fraction of sp³-hybridized carbons (Fsp3) is 0.357. The second-order valence-electron chi connectivity index (χ2n) is 4.81. The molecule has 0 N–H and O–H groups in total. The molecule has 1 saturated heterocycles. The molecule has 3 rings (SSSR count). The fourth-order valence-electron chi connectivity index (χ4n) is 2.32. The molecule has 1 fully saturated rings. The molecule has 0 radical (unpaired) electrons. The molecule has 2 heterocycles. The predicted octanol–water partition coefficient (Wildman–Crippen LogP) is 3.08. The number of hydrogen-bond acceptors (Lipinski definition) is 4. The molecule has 0 aliphatic carbocycles. The van der Waals surface area contributed by atoms with Crippen molar-refractivity contribution in [3.05, 3.63) is 35.2 Å². The van der Waals surface area contributed by atoms with E-state index in [1.165, 1.54) is 17.2 Å². The SMILES string of the molecule is COC(=O)C1(C)OC1(C)c1cc2ccccc2s1. The van der Waals surface area contributed by atoms with Gasteiger partial charge >= 0.3 is 5.97 Å². The van der Waals surface area contributed by atoms with Crippen molar-refractivity contribution in [3.63, 3.8) is 0 Å². The number of rotatable bonds is 2. The van der Waals surface area contributed by atoms with Crippen molar-refractivity contribution < 1.29 is 14.3 Å². The molecule has 2 aromatic rings. The van der Waals surface area contributed by atoms with E-state index in [1.54, 1.807) is 18.3 Å². The number of carbonyl (C=O) groups is 1. The van der Waals surface area contributed by atoms with E-state index < -0.39 is 11.2 Å². The van der Waals surface area contributed by atoms with Crippen LogP contribution in [0.1, 0.15) is 18.7 Å². The molecule has 94 valence electrons. The maximum atomic E-state index is 11.8. The number of esters is 1. The normalized spacial score (nSPS) is 30.4. The van der Waals surface area contributed by atoms with Gasteiger partial charge in [-0.05, 0) is 31.4 Å². The number of benzene rings is 1. The van der Waals surface area contributed by atoms with Crippen LogP contribution >= 0.6 is 11.3 Å². The highest BCUT2D eigenvalue weighted by Crippen LogP contribution is 2.58. The van der Waals surface area contributed by atoms with Crippen LogP contribution in [-0.2, 0) is 19.9 Å². The minimum Gasteiger partial charge on any atom is -0.467 e. The summed E-state index contributed by atoms with van der Waals surface area (Å²) in [4.78, 5) is 12.8. The number of hydrogen-bond donors (Lipinski definition) is 0. The van der Waals surface area contributed by atoms with Crippen LogP contribution in [0.4, 0.5) is 0 Å². The van der Waals surface area contributed by atoms with Crippen molar-refractivity contribution in [2.24, 2.45) is 0 Å². The van der Waals surface area contributed by atoms with Gasteiger partial charge in [0.1, 0.15) is 5.60 Å². The second kappa shape index (κ2) is 3.56. The van der Waals surface area contributed by atoms with Crippen molar-refractivity contribution in [3.8, 4) is 0 Å². The molecule has 0 bridgehead atoms. The number of fused-ring (bicyclic) bond motifs is 1. The molecule has 1 aliphatic rings. The first-order chi connectivity index (χ1) is 8.51.